The highest BCUT2D eigenvalue weighted by molar-refractivity contribution is 6.06. The Hall–Kier alpha value is -3.72. The molecule has 0 spiro atoms. The number of hydrogen-bond donors (Lipinski definition) is 1. The molecule has 2 heterocycles. The summed E-state index contributed by atoms with van der Waals surface area (Å²) >= 11 is 0. The lowest BCUT2D eigenvalue weighted by Gasteiger charge is -2.22. The van der Waals surface area contributed by atoms with Gasteiger partial charge in [0.05, 0.1) is 89.6 Å². The van der Waals surface area contributed by atoms with Crippen LogP contribution in [-0.4, -0.2) is 130 Å². The molecular formula is C34H46N3O10+. The van der Waals surface area contributed by atoms with Crippen LogP contribution in [0.25, 0.3) is 6.08 Å². The van der Waals surface area contributed by atoms with E-state index in [4.69, 9.17) is 28.4 Å². The number of phenols is 1. The number of nitrogens with zero attached hydrogens (tertiary/aromatic N) is 3. The molecular weight excluding hydrogens is 610 g/mol. The molecule has 256 valence electrons. The first-order valence-electron chi connectivity index (χ1n) is 15.9. The monoisotopic (exact) mass is 656 g/mol. The number of nitro groups is 1. The minimum absolute atomic E-state index is 0.0489. The molecule has 0 radical (unpaired) electrons. The van der Waals surface area contributed by atoms with E-state index in [-0.39, 0.29) is 23.9 Å². The van der Waals surface area contributed by atoms with Crippen molar-refractivity contribution in [3.8, 4) is 5.75 Å². The van der Waals surface area contributed by atoms with Gasteiger partial charge in [0.25, 0.3) is 11.6 Å². The van der Waals surface area contributed by atoms with Gasteiger partial charge in [0.2, 0.25) is 12.2 Å². The number of carbonyl (C=O) groups excluding carboxylic acids is 1. The zero-order valence-electron chi connectivity index (χ0n) is 27.3. The van der Waals surface area contributed by atoms with E-state index in [1.165, 1.54) is 18.2 Å². The summed E-state index contributed by atoms with van der Waals surface area (Å²) in [4.78, 5) is 26.5. The van der Waals surface area contributed by atoms with Crippen LogP contribution < -0.4 is 0 Å². The van der Waals surface area contributed by atoms with Crippen LogP contribution in [0.4, 0.5) is 11.4 Å². The number of amides is 1. The van der Waals surface area contributed by atoms with Crippen LogP contribution in [0.1, 0.15) is 25.0 Å². The van der Waals surface area contributed by atoms with Crippen molar-refractivity contribution < 1.29 is 47.8 Å². The van der Waals surface area contributed by atoms with E-state index < -0.39 is 10.3 Å². The van der Waals surface area contributed by atoms with Crippen molar-refractivity contribution >= 4 is 29.1 Å². The number of hydrogen-bond acceptors (Lipinski definition) is 10. The number of nitro benzene ring substituents is 1. The summed E-state index contributed by atoms with van der Waals surface area (Å²) < 4.78 is 35.6. The molecule has 0 unspecified atom stereocenters. The molecule has 1 amide bonds. The van der Waals surface area contributed by atoms with Gasteiger partial charge in [-0.15, -0.1) is 0 Å². The number of rotatable bonds is 5. The first-order chi connectivity index (χ1) is 22.8. The number of carbonyl (C=O) groups is 1. The Labute approximate surface area is 275 Å². The van der Waals surface area contributed by atoms with Crippen LogP contribution in [-0.2, 0) is 38.6 Å². The number of para-hydroxylation sites is 1. The van der Waals surface area contributed by atoms with E-state index in [0.717, 1.165) is 17.0 Å². The van der Waals surface area contributed by atoms with Gasteiger partial charge in [-0.2, -0.15) is 4.58 Å². The molecule has 47 heavy (non-hydrogen) atoms. The molecule has 4 rings (SSSR count). The van der Waals surface area contributed by atoms with Crippen molar-refractivity contribution in [3.63, 3.8) is 0 Å². The smallest absolute Gasteiger partial charge is 0.288 e. The Morgan fingerprint density at radius 1 is 0.830 bits per heavy atom. The second kappa shape index (κ2) is 18.6. The molecule has 1 N–H and O–H groups in total. The summed E-state index contributed by atoms with van der Waals surface area (Å²) in [6.07, 6.45) is 3.47. The average Bonchev–Trinajstić information content (AvgIpc) is 3.26. The Morgan fingerprint density at radius 2 is 1.34 bits per heavy atom. The molecule has 0 saturated carbocycles. The van der Waals surface area contributed by atoms with Crippen molar-refractivity contribution in [2.24, 2.45) is 0 Å². The maximum Gasteiger partial charge on any atom is 0.288 e. The summed E-state index contributed by atoms with van der Waals surface area (Å²) in [7, 11) is 0. The summed E-state index contributed by atoms with van der Waals surface area (Å²) in [6.45, 7) is 10.0. The summed E-state index contributed by atoms with van der Waals surface area (Å²) in [5.41, 5.74) is 2.45. The molecule has 2 aliphatic heterocycles. The third kappa shape index (κ3) is 10.6. The standard InChI is InChI=1S/C34H45N3O10/c1-34(2)29-5-3-4-6-30(29)36(32(34)10-7-27-25-28(37(40)41)8-9-31(27)38)26-33(39)35-11-13-42-15-17-44-19-21-46-23-24-47-22-20-45-18-16-43-14-12-35/h3-10,25H,11-24,26H2,1-2H3/p+1. The topological polar surface area (TPSA) is 142 Å². The quantitative estimate of drug-likeness (QED) is 0.289. The summed E-state index contributed by atoms with van der Waals surface area (Å²) in [5, 5.41) is 21.8. The largest absolute Gasteiger partial charge is 0.507 e. The average molecular weight is 657 g/mol. The van der Waals surface area contributed by atoms with Gasteiger partial charge in [-0.05, 0) is 26.0 Å². The maximum atomic E-state index is 13.9. The van der Waals surface area contributed by atoms with Crippen molar-refractivity contribution in [1.82, 2.24) is 4.90 Å². The molecule has 13 nitrogen and oxygen atoms in total. The van der Waals surface area contributed by atoms with E-state index in [2.05, 4.69) is 13.8 Å². The molecule has 0 bridgehead atoms. The Morgan fingerprint density at radius 3 is 1.87 bits per heavy atom. The molecule has 0 aromatic heterocycles. The van der Waals surface area contributed by atoms with Gasteiger partial charge in [-0.1, -0.05) is 18.2 Å². The van der Waals surface area contributed by atoms with Gasteiger partial charge >= 0.3 is 0 Å². The molecule has 1 saturated heterocycles. The van der Waals surface area contributed by atoms with Crippen LogP contribution in [0.3, 0.4) is 0 Å². The van der Waals surface area contributed by atoms with Crippen molar-refractivity contribution in [3.05, 3.63) is 69.8 Å². The fourth-order valence-electron chi connectivity index (χ4n) is 5.42. The molecule has 2 aromatic carbocycles. The van der Waals surface area contributed by atoms with Crippen LogP contribution in [0.2, 0.25) is 0 Å². The van der Waals surface area contributed by atoms with Crippen LogP contribution in [0.15, 0.2) is 48.5 Å². The number of ether oxygens (including phenoxy) is 6. The van der Waals surface area contributed by atoms with Crippen molar-refractivity contribution in [1.29, 1.82) is 0 Å². The summed E-state index contributed by atoms with van der Waals surface area (Å²) in [5.74, 6) is -0.195. The molecule has 0 atom stereocenters. The van der Waals surface area contributed by atoms with Gasteiger partial charge < -0.3 is 38.4 Å². The fourth-order valence-corrected chi connectivity index (χ4v) is 5.42. The Bertz CT molecular complexity index is 1370. The maximum absolute atomic E-state index is 13.9. The summed E-state index contributed by atoms with van der Waals surface area (Å²) in [6, 6.07) is 11.8. The second-order valence-corrected chi connectivity index (χ2v) is 11.5. The minimum atomic E-state index is -0.503. The SMILES string of the molecule is CC1(C)C(/C=C/c2cc([N+](=O)[O-])ccc2O)=[N+](CC(=O)N2CCOCCOCCOCCOCCOCCOCC2)c2ccccc21. The lowest BCUT2D eigenvalue weighted by molar-refractivity contribution is -0.426. The first kappa shape index (κ1) is 36.1. The fraction of sp³-hybridized carbons (Fsp3) is 0.529. The molecule has 2 aliphatic rings. The van der Waals surface area contributed by atoms with Gasteiger partial charge in [-0.25, -0.2) is 0 Å². The second-order valence-electron chi connectivity index (χ2n) is 11.5. The third-order valence-electron chi connectivity index (χ3n) is 7.96. The number of phenolic OH excluding ortho intramolecular Hbond substituents is 1. The predicted molar refractivity (Wildman–Crippen MR) is 175 cm³/mol. The van der Waals surface area contributed by atoms with Crippen LogP contribution in [0, 0.1) is 10.1 Å². The van der Waals surface area contributed by atoms with E-state index in [1.807, 2.05) is 34.9 Å². The first-order valence-corrected chi connectivity index (χ1v) is 15.9. The highest BCUT2D eigenvalue weighted by atomic mass is 16.6. The lowest BCUT2D eigenvalue weighted by Crippen LogP contribution is -2.41. The Kier molecular flexibility index (Phi) is 14.3. The number of allylic oxidation sites excluding steroid dienone is 1. The number of fused-ring (bicyclic) bond motifs is 1. The highest BCUT2D eigenvalue weighted by Crippen LogP contribution is 2.40. The van der Waals surface area contributed by atoms with Crippen molar-refractivity contribution in [2.75, 3.05) is 98.9 Å². The van der Waals surface area contributed by atoms with Crippen LogP contribution >= 0.6 is 0 Å². The minimum Gasteiger partial charge on any atom is -0.507 e. The van der Waals surface area contributed by atoms with E-state index >= 15 is 0 Å². The van der Waals surface area contributed by atoms with Crippen LogP contribution in [0.5, 0.6) is 5.75 Å². The van der Waals surface area contributed by atoms with Gasteiger partial charge in [-0.3, -0.25) is 14.9 Å². The lowest BCUT2D eigenvalue weighted by atomic mass is 9.81. The zero-order chi connectivity index (χ0) is 33.5. The van der Waals surface area contributed by atoms with Gasteiger partial charge in [0.1, 0.15) is 5.75 Å². The van der Waals surface area contributed by atoms with Crippen molar-refractivity contribution in [2.45, 2.75) is 19.3 Å². The third-order valence-corrected chi connectivity index (χ3v) is 7.96. The van der Waals surface area contributed by atoms with E-state index in [9.17, 15) is 20.0 Å². The molecule has 13 heteroatoms. The zero-order valence-corrected chi connectivity index (χ0v) is 27.3. The highest BCUT2D eigenvalue weighted by Gasteiger charge is 2.45. The van der Waals surface area contributed by atoms with Gasteiger partial charge in [0.15, 0.2) is 5.71 Å². The Balaban J connectivity index is 1.51. The normalized spacial score (nSPS) is 19.7. The van der Waals surface area contributed by atoms with E-state index in [0.29, 0.717) is 97.9 Å². The number of benzene rings is 2. The number of non-ortho nitro benzene ring substituents is 1. The number of aromatic hydroxyl groups is 1. The molecule has 0 aliphatic carbocycles. The van der Waals surface area contributed by atoms with Gasteiger partial charge in [0, 0.05) is 48.5 Å². The van der Waals surface area contributed by atoms with E-state index in [1.54, 1.807) is 11.0 Å². The predicted octanol–water partition coefficient (Wildman–Crippen LogP) is 3.33. The molecule has 2 aromatic rings. The molecule has 1 fully saturated rings.